The van der Waals surface area contributed by atoms with Crippen LogP contribution in [0, 0.1) is 0 Å². The number of thioether (sulfide) groups is 1. The van der Waals surface area contributed by atoms with E-state index in [-0.39, 0.29) is 5.78 Å². The van der Waals surface area contributed by atoms with E-state index in [4.69, 9.17) is 0 Å². The van der Waals surface area contributed by atoms with Crippen LogP contribution in [0.15, 0.2) is 34.7 Å². The third kappa shape index (κ3) is 1.76. The summed E-state index contributed by atoms with van der Waals surface area (Å²) >= 11 is 3.07. The molecule has 0 aliphatic rings. The average Bonchev–Trinajstić information content (AvgIpc) is 2.88. The Balaban J connectivity index is 2.28. The molecule has 1 N–H and O–H groups in total. The summed E-state index contributed by atoms with van der Waals surface area (Å²) in [4.78, 5) is 15.7. The summed E-state index contributed by atoms with van der Waals surface area (Å²) in [5.74, 6) is 0.0697. The van der Waals surface area contributed by atoms with E-state index in [1.807, 2.05) is 35.9 Å². The lowest BCUT2D eigenvalue weighted by atomic mass is 10.2. The molecule has 0 aromatic carbocycles. The summed E-state index contributed by atoms with van der Waals surface area (Å²) in [6.07, 6.45) is 1.98. The first kappa shape index (κ1) is 9.55. The number of hydrogen-bond donors (Lipinski definition) is 1. The Hall–Kier alpha value is -1.00. The largest absolute Gasteiger partial charge is 0.347 e. The summed E-state index contributed by atoms with van der Waals surface area (Å²) in [5, 5.41) is 2.93. The van der Waals surface area contributed by atoms with E-state index >= 15 is 0 Å². The van der Waals surface area contributed by atoms with Crippen LogP contribution in [0.2, 0.25) is 0 Å². The molecule has 72 valence electrons. The molecule has 2 nitrogen and oxygen atoms in total. The van der Waals surface area contributed by atoms with E-state index in [0.29, 0.717) is 5.69 Å². The molecule has 0 bridgehead atoms. The number of carbonyl (C=O) groups excluding carboxylic acids is 1. The topological polar surface area (TPSA) is 32.9 Å². The van der Waals surface area contributed by atoms with Gasteiger partial charge in [0.05, 0.1) is 15.6 Å². The van der Waals surface area contributed by atoms with Crippen molar-refractivity contribution < 1.29 is 4.79 Å². The molecule has 4 heteroatoms. The first-order chi connectivity index (χ1) is 6.81. The molecule has 0 unspecified atom stereocenters. The first-order valence-corrected chi connectivity index (χ1v) is 6.23. The van der Waals surface area contributed by atoms with Crippen LogP contribution in [0.4, 0.5) is 0 Å². The van der Waals surface area contributed by atoms with Crippen molar-refractivity contribution in [3.05, 3.63) is 40.2 Å². The van der Waals surface area contributed by atoms with Crippen molar-refractivity contribution >= 4 is 28.9 Å². The zero-order valence-corrected chi connectivity index (χ0v) is 9.24. The summed E-state index contributed by atoms with van der Waals surface area (Å²) in [6.45, 7) is 0. The van der Waals surface area contributed by atoms with E-state index < -0.39 is 0 Å². The van der Waals surface area contributed by atoms with Crippen molar-refractivity contribution in [2.24, 2.45) is 0 Å². The van der Waals surface area contributed by atoms with Crippen LogP contribution >= 0.6 is 23.1 Å². The van der Waals surface area contributed by atoms with Crippen LogP contribution in [-0.4, -0.2) is 17.0 Å². The summed E-state index contributed by atoms with van der Waals surface area (Å²) in [6, 6.07) is 7.47. The third-order valence-corrected chi connectivity index (χ3v) is 3.42. The summed E-state index contributed by atoms with van der Waals surface area (Å²) < 4.78 is 0. The molecule has 0 amide bonds. The Morgan fingerprint density at radius 2 is 2.29 bits per heavy atom. The van der Waals surface area contributed by atoms with Gasteiger partial charge in [-0.1, -0.05) is 6.07 Å². The minimum absolute atomic E-state index is 0.0697. The van der Waals surface area contributed by atoms with E-state index in [1.165, 1.54) is 11.3 Å². The summed E-state index contributed by atoms with van der Waals surface area (Å²) in [7, 11) is 0. The quantitative estimate of drug-likeness (QED) is 0.641. The highest BCUT2D eigenvalue weighted by Crippen LogP contribution is 2.18. The van der Waals surface area contributed by atoms with Crippen molar-refractivity contribution in [1.29, 1.82) is 0 Å². The molecule has 0 spiro atoms. The van der Waals surface area contributed by atoms with Crippen LogP contribution in [-0.2, 0) is 0 Å². The molecule has 0 fully saturated rings. The maximum atomic E-state index is 11.8. The fourth-order valence-electron chi connectivity index (χ4n) is 1.17. The highest BCUT2D eigenvalue weighted by Gasteiger charge is 2.11. The second-order valence-electron chi connectivity index (χ2n) is 2.75. The molecule has 0 atom stereocenters. The predicted octanol–water partition coefficient (Wildman–Crippen LogP) is 3.03. The molecular formula is C10H9NOS2. The van der Waals surface area contributed by atoms with E-state index in [1.54, 1.807) is 11.8 Å². The van der Waals surface area contributed by atoms with Gasteiger partial charge in [-0.2, -0.15) is 0 Å². The minimum atomic E-state index is 0.0697. The highest BCUT2D eigenvalue weighted by atomic mass is 32.2. The van der Waals surface area contributed by atoms with E-state index in [9.17, 15) is 4.79 Å². The van der Waals surface area contributed by atoms with E-state index in [0.717, 1.165) is 9.90 Å². The van der Waals surface area contributed by atoms with Gasteiger partial charge in [0.15, 0.2) is 0 Å². The van der Waals surface area contributed by atoms with Gasteiger partial charge >= 0.3 is 0 Å². The molecule has 14 heavy (non-hydrogen) atoms. The van der Waals surface area contributed by atoms with Crippen molar-refractivity contribution in [1.82, 2.24) is 4.98 Å². The minimum Gasteiger partial charge on any atom is -0.347 e. The van der Waals surface area contributed by atoms with Crippen molar-refractivity contribution in [3.8, 4) is 0 Å². The van der Waals surface area contributed by atoms with Gasteiger partial charge in [-0.15, -0.1) is 23.1 Å². The number of hydrogen-bond acceptors (Lipinski definition) is 3. The van der Waals surface area contributed by atoms with Crippen LogP contribution < -0.4 is 0 Å². The van der Waals surface area contributed by atoms with Gasteiger partial charge in [-0.3, -0.25) is 4.79 Å². The molecule has 0 aliphatic heterocycles. The molecule has 0 saturated carbocycles. The van der Waals surface area contributed by atoms with Crippen LogP contribution in [0.3, 0.4) is 0 Å². The SMILES string of the molecule is CSc1ccc(C(=O)c2cccs2)[nH]1. The average molecular weight is 223 g/mol. The maximum absolute atomic E-state index is 11.8. The molecule has 0 saturated heterocycles. The Bertz CT molecular complexity index is 431. The lowest BCUT2D eigenvalue weighted by Crippen LogP contribution is -1.98. The van der Waals surface area contributed by atoms with Crippen LogP contribution in [0.1, 0.15) is 15.4 Å². The van der Waals surface area contributed by atoms with Crippen molar-refractivity contribution in [2.75, 3.05) is 6.26 Å². The third-order valence-electron chi connectivity index (χ3n) is 1.87. The zero-order valence-electron chi connectivity index (χ0n) is 7.61. The molecular weight excluding hydrogens is 214 g/mol. The molecule has 2 rings (SSSR count). The summed E-state index contributed by atoms with van der Waals surface area (Å²) in [5.41, 5.74) is 0.664. The normalized spacial score (nSPS) is 10.4. The maximum Gasteiger partial charge on any atom is 0.219 e. The van der Waals surface area contributed by atoms with Gasteiger partial charge in [0.25, 0.3) is 0 Å². The smallest absolute Gasteiger partial charge is 0.219 e. The van der Waals surface area contributed by atoms with Gasteiger partial charge < -0.3 is 4.98 Å². The first-order valence-electron chi connectivity index (χ1n) is 4.12. The van der Waals surface area contributed by atoms with Gasteiger partial charge in [-0.05, 0) is 29.8 Å². The molecule has 0 radical (unpaired) electrons. The lowest BCUT2D eigenvalue weighted by Gasteiger charge is -1.93. The van der Waals surface area contributed by atoms with Crippen LogP contribution in [0.5, 0.6) is 0 Å². The van der Waals surface area contributed by atoms with Crippen molar-refractivity contribution in [2.45, 2.75) is 5.03 Å². The molecule has 2 aromatic heterocycles. The fraction of sp³-hybridized carbons (Fsp3) is 0.100. The number of thiophene rings is 1. The Morgan fingerprint density at radius 3 is 2.86 bits per heavy atom. The number of nitrogens with one attached hydrogen (secondary N) is 1. The Morgan fingerprint density at radius 1 is 1.43 bits per heavy atom. The number of carbonyl (C=O) groups is 1. The lowest BCUT2D eigenvalue weighted by molar-refractivity contribution is 0.103. The zero-order chi connectivity index (χ0) is 9.97. The predicted molar refractivity (Wildman–Crippen MR) is 60.3 cm³/mol. The Labute approximate surface area is 90.4 Å². The molecule has 2 heterocycles. The number of rotatable bonds is 3. The second kappa shape index (κ2) is 4.02. The number of aromatic nitrogens is 1. The number of aromatic amines is 1. The second-order valence-corrected chi connectivity index (χ2v) is 4.54. The van der Waals surface area contributed by atoms with Crippen molar-refractivity contribution in [3.63, 3.8) is 0 Å². The van der Waals surface area contributed by atoms with E-state index in [2.05, 4.69) is 4.98 Å². The highest BCUT2D eigenvalue weighted by molar-refractivity contribution is 7.98. The fourth-order valence-corrected chi connectivity index (χ4v) is 2.26. The number of H-pyrrole nitrogens is 1. The van der Waals surface area contributed by atoms with Gasteiger partial charge in [-0.25, -0.2) is 0 Å². The molecule has 2 aromatic rings. The number of ketones is 1. The van der Waals surface area contributed by atoms with Gasteiger partial charge in [0.2, 0.25) is 5.78 Å². The Kier molecular flexibility index (Phi) is 2.74. The monoisotopic (exact) mass is 223 g/mol. The van der Waals surface area contributed by atoms with Crippen LogP contribution in [0.25, 0.3) is 0 Å². The van der Waals surface area contributed by atoms with Gasteiger partial charge in [0.1, 0.15) is 0 Å². The standard InChI is InChI=1S/C10H9NOS2/c1-13-9-5-4-7(11-9)10(12)8-3-2-6-14-8/h2-6,11H,1H3. The molecule has 0 aliphatic carbocycles. The van der Waals surface area contributed by atoms with Gasteiger partial charge in [0, 0.05) is 0 Å².